The number of phenols is 2. The molecular formula is C18H17FO6. The van der Waals surface area contributed by atoms with Crippen molar-refractivity contribution in [1.29, 1.82) is 0 Å². The summed E-state index contributed by atoms with van der Waals surface area (Å²) in [6.45, 7) is 1.60. The minimum Gasteiger partial charge on any atom is -0.508 e. The van der Waals surface area contributed by atoms with Crippen LogP contribution < -0.4 is 4.74 Å². The van der Waals surface area contributed by atoms with Crippen LogP contribution in [0.4, 0.5) is 4.39 Å². The highest BCUT2D eigenvalue weighted by atomic mass is 19.1. The maximum Gasteiger partial charge on any atom is 0.310 e. The summed E-state index contributed by atoms with van der Waals surface area (Å²) in [5.41, 5.74) is -0.397. The Balaban J connectivity index is 2.63. The lowest BCUT2D eigenvalue weighted by molar-refractivity contribution is -0.138. The second kappa shape index (κ2) is 7.21. The summed E-state index contributed by atoms with van der Waals surface area (Å²) in [5, 5.41) is 29.1. The molecule has 0 fully saturated rings. The van der Waals surface area contributed by atoms with E-state index in [9.17, 15) is 29.3 Å². The standard InChI is InChI=1S/C18H17FO6/c1-3-11(18(23)24)12-7-10(20)8-14(21)16(12)17(22)9-4-5-15(25-2)13(19)6-9/h4-8,11,20-21H,3H2,1-2H3,(H,23,24). The lowest BCUT2D eigenvalue weighted by Crippen LogP contribution is -2.16. The number of methoxy groups -OCH3 is 1. The van der Waals surface area contributed by atoms with Gasteiger partial charge in [-0.1, -0.05) is 6.92 Å². The molecule has 0 saturated carbocycles. The van der Waals surface area contributed by atoms with Gasteiger partial charge in [0.15, 0.2) is 17.3 Å². The van der Waals surface area contributed by atoms with E-state index in [4.69, 9.17) is 4.74 Å². The Morgan fingerprint density at radius 3 is 2.40 bits per heavy atom. The van der Waals surface area contributed by atoms with Gasteiger partial charge in [0.2, 0.25) is 0 Å². The topological polar surface area (TPSA) is 104 Å². The van der Waals surface area contributed by atoms with Crippen LogP contribution in [0.25, 0.3) is 0 Å². The van der Waals surface area contributed by atoms with Crippen molar-refractivity contribution in [3.05, 3.63) is 52.8 Å². The molecule has 2 aromatic carbocycles. The zero-order valence-electron chi connectivity index (χ0n) is 13.6. The fourth-order valence-corrected chi connectivity index (χ4v) is 2.64. The van der Waals surface area contributed by atoms with Gasteiger partial charge in [-0.2, -0.15) is 0 Å². The molecule has 1 unspecified atom stereocenters. The molecular weight excluding hydrogens is 331 g/mol. The first-order chi connectivity index (χ1) is 11.8. The first-order valence-electron chi connectivity index (χ1n) is 7.47. The van der Waals surface area contributed by atoms with E-state index in [1.54, 1.807) is 6.92 Å². The molecule has 0 amide bonds. The van der Waals surface area contributed by atoms with Gasteiger partial charge in [0.05, 0.1) is 18.6 Å². The van der Waals surface area contributed by atoms with Crippen molar-refractivity contribution in [2.24, 2.45) is 0 Å². The number of aliphatic carboxylic acids is 1. The summed E-state index contributed by atoms with van der Waals surface area (Å²) in [5.74, 6) is -4.83. The number of benzene rings is 2. The summed E-state index contributed by atoms with van der Waals surface area (Å²) in [6.07, 6.45) is 0.134. The van der Waals surface area contributed by atoms with E-state index in [2.05, 4.69) is 0 Å². The van der Waals surface area contributed by atoms with E-state index >= 15 is 0 Å². The Morgan fingerprint density at radius 1 is 1.20 bits per heavy atom. The lowest BCUT2D eigenvalue weighted by atomic mass is 9.87. The summed E-state index contributed by atoms with van der Waals surface area (Å²) >= 11 is 0. The first kappa shape index (κ1) is 18.3. The van der Waals surface area contributed by atoms with Gasteiger partial charge in [0.25, 0.3) is 0 Å². The van der Waals surface area contributed by atoms with Gasteiger partial charge in [0, 0.05) is 11.6 Å². The number of carbonyl (C=O) groups is 2. The fourth-order valence-electron chi connectivity index (χ4n) is 2.64. The van der Waals surface area contributed by atoms with Crippen LogP contribution in [0.1, 0.15) is 40.7 Å². The number of carbonyl (C=O) groups excluding carboxylic acids is 1. The molecule has 0 aromatic heterocycles. The Morgan fingerprint density at radius 2 is 1.88 bits per heavy atom. The smallest absolute Gasteiger partial charge is 0.310 e. The Bertz CT molecular complexity index is 831. The van der Waals surface area contributed by atoms with Crippen molar-refractivity contribution >= 4 is 11.8 Å². The molecule has 0 aliphatic rings. The molecule has 3 N–H and O–H groups in total. The largest absolute Gasteiger partial charge is 0.508 e. The van der Waals surface area contributed by atoms with Crippen LogP contribution in [0.15, 0.2) is 30.3 Å². The van der Waals surface area contributed by atoms with Crippen LogP contribution in [0.5, 0.6) is 17.2 Å². The van der Waals surface area contributed by atoms with Crippen molar-refractivity contribution in [2.75, 3.05) is 7.11 Å². The van der Waals surface area contributed by atoms with Crippen molar-refractivity contribution in [3.63, 3.8) is 0 Å². The molecule has 2 rings (SSSR count). The van der Waals surface area contributed by atoms with E-state index in [1.807, 2.05) is 0 Å². The minimum atomic E-state index is -1.21. The summed E-state index contributed by atoms with van der Waals surface area (Å²) in [4.78, 5) is 24.2. The number of halogens is 1. The third kappa shape index (κ3) is 3.55. The van der Waals surface area contributed by atoms with Crippen LogP contribution in [0, 0.1) is 5.82 Å². The molecule has 1 atom stereocenters. The SMILES string of the molecule is CCC(C(=O)O)c1cc(O)cc(O)c1C(=O)c1ccc(OC)c(F)c1. The summed E-state index contributed by atoms with van der Waals surface area (Å²) < 4.78 is 18.7. The van der Waals surface area contributed by atoms with Gasteiger partial charge in [-0.15, -0.1) is 0 Å². The van der Waals surface area contributed by atoms with Gasteiger partial charge in [0.1, 0.15) is 11.5 Å². The van der Waals surface area contributed by atoms with E-state index < -0.39 is 29.2 Å². The highest BCUT2D eigenvalue weighted by Gasteiger charge is 2.28. The molecule has 0 saturated heterocycles. The van der Waals surface area contributed by atoms with Crippen molar-refractivity contribution in [3.8, 4) is 17.2 Å². The number of carboxylic acids is 1. The number of carboxylic acid groups (broad SMARTS) is 1. The number of ketones is 1. The predicted molar refractivity (Wildman–Crippen MR) is 86.8 cm³/mol. The van der Waals surface area contributed by atoms with Crippen LogP contribution in [0.3, 0.4) is 0 Å². The molecule has 0 heterocycles. The number of hydrogen-bond donors (Lipinski definition) is 3. The number of phenolic OH excluding ortho intramolecular Hbond substituents is 2. The van der Waals surface area contributed by atoms with Crippen molar-refractivity contribution < 1.29 is 34.0 Å². The van der Waals surface area contributed by atoms with Gasteiger partial charge in [-0.3, -0.25) is 9.59 Å². The average molecular weight is 348 g/mol. The van der Waals surface area contributed by atoms with Gasteiger partial charge in [-0.05, 0) is 36.2 Å². The van der Waals surface area contributed by atoms with Crippen molar-refractivity contribution in [1.82, 2.24) is 0 Å². The first-order valence-corrected chi connectivity index (χ1v) is 7.47. The molecule has 0 aliphatic heterocycles. The molecule has 25 heavy (non-hydrogen) atoms. The molecule has 6 nitrogen and oxygen atoms in total. The normalized spacial score (nSPS) is 11.8. The van der Waals surface area contributed by atoms with Crippen LogP contribution in [-0.4, -0.2) is 34.2 Å². The maximum absolute atomic E-state index is 13.9. The zero-order chi connectivity index (χ0) is 18.7. The van der Waals surface area contributed by atoms with Crippen LogP contribution in [-0.2, 0) is 4.79 Å². The molecule has 0 spiro atoms. The van der Waals surface area contributed by atoms with E-state index in [-0.39, 0.29) is 34.6 Å². The Labute approximate surface area is 143 Å². The van der Waals surface area contributed by atoms with Gasteiger partial charge < -0.3 is 20.1 Å². The highest BCUT2D eigenvalue weighted by molar-refractivity contribution is 6.12. The zero-order valence-corrected chi connectivity index (χ0v) is 13.6. The molecule has 132 valence electrons. The predicted octanol–water partition coefficient (Wildman–Crippen LogP) is 3.05. The monoisotopic (exact) mass is 348 g/mol. The minimum absolute atomic E-state index is 0.0336. The Hall–Kier alpha value is -3.09. The average Bonchev–Trinajstić information content (AvgIpc) is 2.54. The van der Waals surface area contributed by atoms with Crippen LogP contribution in [0.2, 0.25) is 0 Å². The molecule has 0 radical (unpaired) electrons. The molecule has 0 bridgehead atoms. The molecule has 2 aromatic rings. The number of hydrogen-bond acceptors (Lipinski definition) is 5. The van der Waals surface area contributed by atoms with Gasteiger partial charge >= 0.3 is 5.97 Å². The van der Waals surface area contributed by atoms with Crippen LogP contribution >= 0.6 is 0 Å². The lowest BCUT2D eigenvalue weighted by Gasteiger charge is -2.17. The summed E-state index contributed by atoms with van der Waals surface area (Å²) in [6, 6.07) is 5.56. The Kier molecular flexibility index (Phi) is 5.26. The van der Waals surface area contributed by atoms with E-state index in [0.717, 1.165) is 18.2 Å². The number of rotatable bonds is 6. The third-order valence-electron chi connectivity index (χ3n) is 3.86. The van der Waals surface area contributed by atoms with Gasteiger partial charge in [-0.25, -0.2) is 4.39 Å². The van der Waals surface area contributed by atoms with E-state index in [1.165, 1.54) is 19.2 Å². The number of aromatic hydroxyl groups is 2. The van der Waals surface area contributed by atoms with E-state index in [0.29, 0.717) is 0 Å². The number of ether oxygens (including phenoxy) is 1. The molecule has 0 aliphatic carbocycles. The summed E-state index contributed by atoms with van der Waals surface area (Å²) in [7, 11) is 1.28. The molecule has 7 heteroatoms. The maximum atomic E-state index is 13.9. The second-order valence-electron chi connectivity index (χ2n) is 5.41. The fraction of sp³-hybridized carbons (Fsp3) is 0.222. The second-order valence-corrected chi connectivity index (χ2v) is 5.41. The third-order valence-corrected chi connectivity index (χ3v) is 3.86. The quantitative estimate of drug-likeness (QED) is 0.693. The van der Waals surface area contributed by atoms with Crippen molar-refractivity contribution in [2.45, 2.75) is 19.3 Å². The highest BCUT2D eigenvalue weighted by Crippen LogP contribution is 2.35.